The summed E-state index contributed by atoms with van der Waals surface area (Å²) in [6.07, 6.45) is 0.250. The van der Waals surface area contributed by atoms with E-state index in [9.17, 15) is 0 Å². The van der Waals surface area contributed by atoms with Crippen LogP contribution < -0.4 is 0 Å². The summed E-state index contributed by atoms with van der Waals surface area (Å²) >= 11 is 0. The molecule has 20 heavy (non-hydrogen) atoms. The number of ether oxygens (including phenoxy) is 1. The van der Waals surface area contributed by atoms with E-state index < -0.39 is 0 Å². The van der Waals surface area contributed by atoms with E-state index in [4.69, 9.17) is 44.5 Å². The fourth-order valence-corrected chi connectivity index (χ4v) is 0. The molecule has 0 fully saturated rings. The van der Waals surface area contributed by atoms with Crippen LogP contribution in [0.2, 0.25) is 0 Å². The van der Waals surface area contributed by atoms with E-state index in [1.807, 2.05) is 0 Å². The number of methoxy groups -OCH3 is 1. The third kappa shape index (κ3) is 1780. The highest BCUT2D eigenvalue weighted by Gasteiger charge is 1.44. The summed E-state index contributed by atoms with van der Waals surface area (Å²) in [5.41, 5.74) is 0. The molecule has 0 radical (unpaired) electrons. The molecule has 0 saturated carbocycles. The molecule has 0 aromatic heterocycles. The third-order valence-corrected chi connectivity index (χ3v) is 0.0962. The van der Waals surface area contributed by atoms with E-state index in [1.165, 1.54) is 14.2 Å². The predicted molar refractivity (Wildman–Crippen MR) is 63.6 cm³/mol. The topological polar surface area (TPSA) is 216 Å². The molecule has 12 heteroatoms. The Hall–Kier alpha value is -2.37. The molecular weight excluding hydrogens is 288 g/mol. The minimum Gasteiger partial charge on any atom is -0.483 e. The van der Waals surface area contributed by atoms with Crippen molar-refractivity contribution in [2.75, 3.05) is 21.3 Å². The molecule has 6 N–H and O–H groups in total. The molecule has 12 nitrogen and oxygen atoms in total. The van der Waals surface area contributed by atoms with E-state index in [-0.39, 0.29) is 32.0 Å². The van der Waals surface area contributed by atoms with Crippen LogP contribution in [0.1, 0.15) is 7.43 Å². The molecule has 0 aliphatic heterocycles. The summed E-state index contributed by atoms with van der Waals surface area (Å²) in [5.74, 6) is 0. The van der Waals surface area contributed by atoms with Crippen molar-refractivity contribution in [2.45, 2.75) is 7.43 Å². The van der Waals surface area contributed by atoms with E-state index in [2.05, 4.69) is 9.62 Å². The first kappa shape index (κ1) is 52.6. The standard InChI is InChI=1S/C2H4O2.CH4O2.2CH2O2.CO2.CH4O.CH4.H2O/c1-4-2-3;1-3-2;3*2-1-3;1-2;;/h2H,1H3;2H,1H3;2*1H,(H,2,3);;2H,1H3;1H4;1H2. The lowest BCUT2D eigenvalue weighted by Gasteiger charge is -1.67. The third-order valence-electron chi connectivity index (χ3n) is 0.0962. The first-order chi connectivity index (χ1) is 8.57. The fourth-order valence-electron chi connectivity index (χ4n) is 0. The maximum absolute atomic E-state index is 8.95. The van der Waals surface area contributed by atoms with Gasteiger partial charge in [0.15, 0.2) is 0 Å². The van der Waals surface area contributed by atoms with E-state index >= 15 is 0 Å². The zero-order chi connectivity index (χ0) is 16.2. The molecule has 0 heterocycles. The quantitative estimate of drug-likeness (QED) is 0.239. The molecule has 0 spiro atoms. The van der Waals surface area contributed by atoms with Crippen molar-refractivity contribution in [1.29, 1.82) is 0 Å². The lowest BCUT2D eigenvalue weighted by molar-refractivity contribution is -0.214. The van der Waals surface area contributed by atoms with Crippen molar-refractivity contribution in [2.24, 2.45) is 0 Å². The highest BCUT2D eigenvalue weighted by Crippen LogP contribution is 1.35. The Balaban J connectivity index is -0.0000000143. The highest BCUT2D eigenvalue weighted by atomic mass is 17.1. The summed E-state index contributed by atoms with van der Waals surface area (Å²) in [5, 5.41) is 27.8. The van der Waals surface area contributed by atoms with Gasteiger partial charge in [0, 0.05) is 7.11 Å². The van der Waals surface area contributed by atoms with Gasteiger partial charge in [0.1, 0.15) is 0 Å². The van der Waals surface area contributed by atoms with Gasteiger partial charge in [-0.2, -0.15) is 9.59 Å². The van der Waals surface area contributed by atoms with Gasteiger partial charge >= 0.3 is 6.15 Å². The average molecular weight is 310 g/mol. The van der Waals surface area contributed by atoms with Crippen molar-refractivity contribution in [3.8, 4) is 0 Å². The van der Waals surface area contributed by atoms with Gasteiger partial charge in [-0.25, -0.2) is 4.89 Å². The summed E-state index contributed by atoms with van der Waals surface area (Å²) in [6, 6.07) is 0. The number of hydrogen-bond donors (Lipinski definition) is 4. The molecule has 0 amide bonds. The fraction of sp³-hybridized carbons (Fsp3) is 0.500. The Morgan fingerprint density at radius 1 is 0.950 bits per heavy atom. The average Bonchev–Trinajstić information content (AvgIpc) is 2.35. The minimum atomic E-state index is -0.250. The Morgan fingerprint density at radius 3 is 1.00 bits per heavy atom. The number of carbonyl (C=O) groups excluding carboxylic acids is 3. The minimum absolute atomic E-state index is 0. The van der Waals surface area contributed by atoms with Gasteiger partial charge in [-0.05, 0) is 0 Å². The second-order valence-corrected chi connectivity index (χ2v) is 0.809. The van der Waals surface area contributed by atoms with Crippen molar-refractivity contribution in [3.63, 3.8) is 0 Å². The number of aliphatic hydroxyl groups is 1. The van der Waals surface area contributed by atoms with Gasteiger partial charge < -0.3 is 25.5 Å². The summed E-state index contributed by atoms with van der Waals surface area (Å²) in [4.78, 5) is 45.2. The van der Waals surface area contributed by atoms with Gasteiger partial charge in [-0.15, -0.1) is 0 Å². The van der Waals surface area contributed by atoms with Crippen LogP contribution in [0.3, 0.4) is 0 Å². The second kappa shape index (κ2) is 308. The van der Waals surface area contributed by atoms with Crippen LogP contribution in [0.5, 0.6) is 0 Å². The molecule has 126 valence electrons. The summed E-state index contributed by atoms with van der Waals surface area (Å²) in [6.45, 7) is -0.125. The van der Waals surface area contributed by atoms with Crippen LogP contribution in [0.4, 0.5) is 0 Å². The van der Waals surface area contributed by atoms with Crippen LogP contribution in [0.15, 0.2) is 0 Å². The zero-order valence-electron chi connectivity index (χ0n) is 10.4. The van der Waals surface area contributed by atoms with Crippen molar-refractivity contribution in [1.82, 2.24) is 0 Å². The van der Waals surface area contributed by atoms with Gasteiger partial charge in [0.2, 0.25) is 0 Å². The molecule has 0 aromatic rings. The molecule has 0 atom stereocenters. The maximum atomic E-state index is 8.95. The monoisotopic (exact) mass is 310 g/mol. The van der Waals surface area contributed by atoms with Gasteiger partial charge in [0.05, 0.1) is 14.2 Å². The second-order valence-electron chi connectivity index (χ2n) is 0.809. The van der Waals surface area contributed by atoms with Crippen molar-refractivity contribution >= 4 is 25.6 Å². The number of carbonyl (C=O) groups is 3. The molecular formula is C8H22O12. The van der Waals surface area contributed by atoms with Crippen LogP contribution in [-0.4, -0.2) is 73.0 Å². The van der Waals surface area contributed by atoms with Crippen LogP contribution in [0.25, 0.3) is 0 Å². The van der Waals surface area contributed by atoms with Crippen LogP contribution in [-0.2, 0) is 33.6 Å². The molecule has 0 saturated heterocycles. The number of aliphatic hydroxyl groups excluding tert-OH is 1. The molecule has 0 unspecified atom stereocenters. The summed E-state index contributed by atoms with van der Waals surface area (Å²) < 4.78 is 3.86. The zero-order valence-corrected chi connectivity index (χ0v) is 10.4. The van der Waals surface area contributed by atoms with Crippen molar-refractivity contribution < 1.29 is 59.7 Å². The Labute approximate surface area is 115 Å². The molecule has 0 bridgehead atoms. The SMILES string of the molecule is C.CO.COC=O.COO.O.O=C=O.O=CO.O=CO. The Morgan fingerprint density at radius 2 is 1.00 bits per heavy atom. The first-order valence-corrected chi connectivity index (χ1v) is 3.31. The van der Waals surface area contributed by atoms with Gasteiger partial charge in [-0.3, -0.25) is 19.6 Å². The van der Waals surface area contributed by atoms with E-state index in [0.717, 1.165) is 7.11 Å². The van der Waals surface area contributed by atoms with Crippen LogP contribution in [0, 0.1) is 0 Å². The molecule has 0 aromatic carbocycles. The van der Waals surface area contributed by atoms with Crippen LogP contribution >= 0.6 is 0 Å². The Bertz CT molecular complexity index is 136. The maximum Gasteiger partial charge on any atom is 0.373 e. The predicted octanol–water partition coefficient (Wildman–Crippen LogP) is -1.87. The smallest absolute Gasteiger partial charge is 0.373 e. The molecule has 0 aliphatic carbocycles. The number of rotatable bonds is 1. The van der Waals surface area contributed by atoms with Crippen molar-refractivity contribution in [3.05, 3.63) is 0 Å². The van der Waals surface area contributed by atoms with Gasteiger partial charge in [0.25, 0.3) is 19.4 Å². The molecule has 0 aliphatic rings. The van der Waals surface area contributed by atoms with E-state index in [1.54, 1.807) is 0 Å². The number of carboxylic acid groups (broad SMARTS) is 2. The largest absolute Gasteiger partial charge is 0.483 e. The van der Waals surface area contributed by atoms with Gasteiger partial charge in [-0.1, -0.05) is 7.43 Å². The normalized spacial score (nSPS) is 3.85. The highest BCUT2D eigenvalue weighted by molar-refractivity contribution is 5.36. The van der Waals surface area contributed by atoms with E-state index in [0.29, 0.717) is 6.47 Å². The lowest BCUT2D eigenvalue weighted by Crippen LogP contribution is -1.68. The summed E-state index contributed by atoms with van der Waals surface area (Å²) in [7, 11) is 3.49. The molecule has 0 rings (SSSR count). The Kier molecular flexibility index (Phi) is 810. The number of hydrogen-bond acceptors (Lipinski definition) is 9. The lowest BCUT2D eigenvalue weighted by atomic mass is 11.5. The first-order valence-electron chi connectivity index (χ1n) is 3.31.